The van der Waals surface area contributed by atoms with Crippen LogP contribution in [-0.2, 0) is 14.0 Å². The Bertz CT molecular complexity index is 988. The number of nitrogens with zero attached hydrogens (tertiary/aromatic N) is 4. The highest BCUT2D eigenvalue weighted by molar-refractivity contribution is 7.51. The van der Waals surface area contributed by atoms with Gasteiger partial charge in [0.15, 0.2) is 23.2 Å². The van der Waals surface area contributed by atoms with Gasteiger partial charge in [-0.3, -0.25) is 9.13 Å². The SMILES string of the molecule is O=P(O)(O)COC[C@H]1O[C@@H](n2cnc3c(NC4CCC(O)C4)nc(Cl)nc32)[C@H](O)[C@@H]1O. The Morgan fingerprint density at radius 1 is 1.26 bits per heavy atom. The maximum absolute atomic E-state index is 10.9. The lowest BCUT2D eigenvalue weighted by Crippen LogP contribution is -2.33. The number of anilines is 1. The standard InChI is InChI=1S/C16H23ClN5O8P/c17-16-20-13(19-7-1-2-8(23)3-7)10-14(21-16)22(5-18-10)15-12(25)11(24)9(30-15)4-29-6-31(26,27)28/h5,7-9,11-12,15,23-25H,1-4,6H2,(H,19,20,21)(H2,26,27,28)/t7?,8?,9-,11-,12-,15-/m1/s1. The maximum Gasteiger partial charge on any atom is 0.350 e. The molecule has 1 saturated carbocycles. The molecule has 0 spiro atoms. The second-order valence-corrected chi connectivity index (χ2v) is 9.61. The van der Waals surface area contributed by atoms with Gasteiger partial charge in [0.05, 0.1) is 19.0 Å². The Kier molecular flexibility index (Phi) is 6.50. The van der Waals surface area contributed by atoms with Gasteiger partial charge in [-0.25, -0.2) is 4.98 Å². The Morgan fingerprint density at radius 3 is 2.71 bits per heavy atom. The van der Waals surface area contributed by atoms with E-state index in [0.29, 0.717) is 24.2 Å². The fourth-order valence-corrected chi connectivity index (χ4v) is 4.35. The summed E-state index contributed by atoms with van der Waals surface area (Å²) < 4.78 is 22.9. The van der Waals surface area contributed by atoms with Gasteiger partial charge in [-0.1, -0.05) is 0 Å². The van der Waals surface area contributed by atoms with Crippen molar-refractivity contribution >= 4 is 36.2 Å². The number of imidazole rings is 1. The molecule has 0 radical (unpaired) electrons. The number of ether oxygens (including phenoxy) is 2. The average Bonchev–Trinajstić information content (AvgIpc) is 3.35. The lowest BCUT2D eigenvalue weighted by molar-refractivity contribution is -0.0612. The number of fused-ring (bicyclic) bond motifs is 1. The van der Waals surface area contributed by atoms with Gasteiger partial charge in [0, 0.05) is 6.04 Å². The van der Waals surface area contributed by atoms with Crippen LogP contribution in [0.25, 0.3) is 11.2 Å². The number of aliphatic hydroxyl groups excluding tert-OH is 3. The first kappa shape index (κ1) is 22.8. The van der Waals surface area contributed by atoms with Crippen molar-refractivity contribution in [1.82, 2.24) is 19.5 Å². The first-order valence-corrected chi connectivity index (χ1v) is 11.8. The normalized spacial score (nSPS) is 31.5. The van der Waals surface area contributed by atoms with Crippen LogP contribution in [0.2, 0.25) is 5.28 Å². The molecule has 0 aromatic carbocycles. The summed E-state index contributed by atoms with van der Waals surface area (Å²) >= 11 is 6.08. The molecule has 13 nitrogen and oxygen atoms in total. The fourth-order valence-electron chi connectivity index (χ4n) is 3.84. The summed E-state index contributed by atoms with van der Waals surface area (Å²) in [5.41, 5.74) is 0.631. The number of rotatable bonds is 7. The van der Waals surface area contributed by atoms with E-state index in [1.54, 1.807) is 0 Å². The smallest absolute Gasteiger partial charge is 0.350 e. The van der Waals surface area contributed by atoms with Gasteiger partial charge in [0.1, 0.15) is 24.7 Å². The molecular formula is C16H23ClN5O8P. The molecule has 2 aliphatic rings. The zero-order chi connectivity index (χ0) is 22.3. The van der Waals surface area contributed by atoms with Crippen molar-refractivity contribution in [1.29, 1.82) is 0 Å². The van der Waals surface area contributed by atoms with Crippen molar-refractivity contribution in [3.8, 4) is 0 Å². The second-order valence-electron chi connectivity index (χ2n) is 7.68. The van der Waals surface area contributed by atoms with E-state index >= 15 is 0 Å². The van der Waals surface area contributed by atoms with Crippen LogP contribution in [0.15, 0.2) is 6.33 Å². The van der Waals surface area contributed by atoms with Crippen molar-refractivity contribution < 1.29 is 39.1 Å². The second kappa shape index (κ2) is 8.85. The number of nitrogens with one attached hydrogen (secondary N) is 1. The Labute approximate surface area is 181 Å². The highest BCUT2D eigenvalue weighted by atomic mass is 35.5. The summed E-state index contributed by atoms with van der Waals surface area (Å²) in [6.45, 7) is -0.334. The summed E-state index contributed by atoms with van der Waals surface area (Å²) in [4.78, 5) is 30.4. The van der Waals surface area contributed by atoms with Gasteiger partial charge >= 0.3 is 7.60 Å². The van der Waals surface area contributed by atoms with Crippen LogP contribution >= 0.6 is 19.2 Å². The van der Waals surface area contributed by atoms with E-state index in [2.05, 4.69) is 20.3 Å². The van der Waals surface area contributed by atoms with E-state index in [-0.39, 0.29) is 29.7 Å². The summed E-state index contributed by atoms with van der Waals surface area (Å²) in [6.07, 6.45) is -2.70. The molecule has 0 bridgehead atoms. The molecule has 6 atom stereocenters. The van der Waals surface area contributed by atoms with E-state index in [1.807, 2.05) is 0 Å². The van der Waals surface area contributed by atoms with E-state index in [1.165, 1.54) is 10.9 Å². The Balaban J connectivity index is 1.54. The van der Waals surface area contributed by atoms with E-state index < -0.39 is 38.5 Å². The van der Waals surface area contributed by atoms with Gasteiger partial charge < -0.3 is 39.9 Å². The van der Waals surface area contributed by atoms with Gasteiger partial charge in [-0.15, -0.1) is 0 Å². The molecule has 172 valence electrons. The quantitative estimate of drug-likeness (QED) is 0.222. The van der Waals surface area contributed by atoms with Crippen molar-refractivity contribution in [3.63, 3.8) is 0 Å². The van der Waals surface area contributed by atoms with Gasteiger partial charge in [0.2, 0.25) is 5.28 Å². The number of halogens is 1. The van der Waals surface area contributed by atoms with Crippen molar-refractivity contribution in [2.75, 3.05) is 18.3 Å². The topological polar surface area (TPSA) is 192 Å². The minimum atomic E-state index is -4.37. The third kappa shape index (κ3) is 5.00. The van der Waals surface area contributed by atoms with Crippen molar-refractivity contribution in [3.05, 3.63) is 11.6 Å². The highest BCUT2D eigenvalue weighted by Gasteiger charge is 2.44. The van der Waals surface area contributed by atoms with Crippen LogP contribution in [-0.4, -0.2) is 88.0 Å². The first-order valence-electron chi connectivity index (χ1n) is 9.61. The Hall–Kier alpha value is -1.41. The summed E-state index contributed by atoms with van der Waals surface area (Å²) in [7, 11) is -4.37. The molecule has 2 aromatic heterocycles. The minimum absolute atomic E-state index is 0.0000119. The van der Waals surface area contributed by atoms with Crippen molar-refractivity contribution in [2.24, 2.45) is 0 Å². The van der Waals surface area contributed by atoms with Crippen LogP contribution in [0.4, 0.5) is 5.82 Å². The predicted molar refractivity (Wildman–Crippen MR) is 106 cm³/mol. The zero-order valence-electron chi connectivity index (χ0n) is 16.2. The monoisotopic (exact) mass is 479 g/mol. The number of hydrogen-bond donors (Lipinski definition) is 6. The highest BCUT2D eigenvalue weighted by Crippen LogP contribution is 2.36. The average molecular weight is 480 g/mol. The van der Waals surface area contributed by atoms with Crippen LogP contribution in [0.1, 0.15) is 25.5 Å². The van der Waals surface area contributed by atoms with Gasteiger partial charge in [-0.05, 0) is 30.9 Å². The lowest BCUT2D eigenvalue weighted by Gasteiger charge is -2.17. The van der Waals surface area contributed by atoms with E-state index in [9.17, 15) is 19.9 Å². The third-order valence-corrected chi connectivity index (χ3v) is 5.98. The molecule has 2 aromatic rings. The fraction of sp³-hybridized carbons (Fsp3) is 0.688. The van der Waals surface area contributed by atoms with Crippen LogP contribution in [0, 0.1) is 0 Å². The molecule has 6 N–H and O–H groups in total. The summed E-state index contributed by atoms with van der Waals surface area (Å²) in [5.74, 6) is 0.377. The van der Waals surface area contributed by atoms with Gasteiger partial charge in [-0.2, -0.15) is 9.97 Å². The summed E-state index contributed by atoms with van der Waals surface area (Å²) in [6, 6.07) is 0.0000119. The predicted octanol–water partition coefficient (Wildman–Crippen LogP) is -0.424. The molecule has 1 saturated heterocycles. The molecule has 15 heteroatoms. The molecule has 1 aliphatic carbocycles. The molecule has 4 rings (SSSR count). The van der Waals surface area contributed by atoms with Crippen LogP contribution in [0.5, 0.6) is 0 Å². The minimum Gasteiger partial charge on any atom is -0.393 e. The Morgan fingerprint density at radius 2 is 2.03 bits per heavy atom. The number of aromatic nitrogens is 4. The van der Waals surface area contributed by atoms with Crippen LogP contribution in [0.3, 0.4) is 0 Å². The first-order chi connectivity index (χ1) is 14.6. The van der Waals surface area contributed by atoms with E-state index in [0.717, 1.165) is 6.42 Å². The zero-order valence-corrected chi connectivity index (χ0v) is 17.8. The molecule has 2 fully saturated rings. The maximum atomic E-state index is 10.9. The molecule has 2 unspecified atom stereocenters. The molecule has 0 amide bonds. The summed E-state index contributed by atoms with van der Waals surface area (Å²) in [5, 5.41) is 33.6. The van der Waals surface area contributed by atoms with Crippen molar-refractivity contribution in [2.45, 2.75) is 55.9 Å². The molecule has 1 aliphatic heterocycles. The van der Waals surface area contributed by atoms with Gasteiger partial charge in [0.25, 0.3) is 0 Å². The third-order valence-electron chi connectivity index (χ3n) is 5.29. The molecular weight excluding hydrogens is 457 g/mol. The number of hydrogen-bond acceptors (Lipinski definition) is 10. The molecule has 31 heavy (non-hydrogen) atoms. The van der Waals surface area contributed by atoms with E-state index in [4.69, 9.17) is 30.9 Å². The largest absolute Gasteiger partial charge is 0.393 e. The molecule has 3 heterocycles. The number of aliphatic hydroxyl groups is 3. The van der Waals surface area contributed by atoms with Crippen LogP contribution < -0.4 is 5.32 Å². The lowest BCUT2D eigenvalue weighted by atomic mass is 10.1.